The summed E-state index contributed by atoms with van der Waals surface area (Å²) in [5, 5.41) is 3.07. The smallest absolute Gasteiger partial charge is 0.408 e. The van der Waals surface area contributed by atoms with E-state index in [2.05, 4.69) is 5.32 Å². The Kier molecular flexibility index (Phi) is 5.88. The van der Waals surface area contributed by atoms with Crippen LogP contribution >= 0.6 is 0 Å². The van der Waals surface area contributed by atoms with Gasteiger partial charge in [-0.25, -0.2) is 9.59 Å². The average molecular weight is 460 g/mol. The molecule has 1 heterocycles. The highest BCUT2D eigenvalue weighted by atomic mass is 16.7. The van der Waals surface area contributed by atoms with E-state index in [-0.39, 0.29) is 25.4 Å². The quantitative estimate of drug-likeness (QED) is 0.522. The molecule has 0 radical (unpaired) electrons. The summed E-state index contributed by atoms with van der Waals surface area (Å²) >= 11 is 0. The zero-order valence-electron chi connectivity index (χ0n) is 18.5. The topological polar surface area (TPSA) is 102 Å². The van der Waals surface area contributed by atoms with E-state index in [1.165, 1.54) is 0 Å². The lowest BCUT2D eigenvalue weighted by Crippen LogP contribution is -2.46. The predicted molar refractivity (Wildman–Crippen MR) is 121 cm³/mol. The van der Waals surface area contributed by atoms with Gasteiger partial charge >= 0.3 is 12.1 Å². The van der Waals surface area contributed by atoms with Gasteiger partial charge < -0.3 is 14.9 Å². The van der Waals surface area contributed by atoms with Gasteiger partial charge in [-0.2, -0.15) is 0 Å². The van der Waals surface area contributed by atoms with E-state index in [1.807, 2.05) is 54.6 Å². The van der Waals surface area contributed by atoms with Crippen molar-refractivity contribution >= 4 is 23.9 Å². The van der Waals surface area contributed by atoms with E-state index in [4.69, 9.17) is 9.57 Å². The molecular formula is C26H24N2O6. The monoisotopic (exact) mass is 460 g/mol. The molecule has 5 rings (SSSR count). The van der Waals surface area contributed by atoms with Gasteiger partial charge in [0.1, 0.15) is 6.61 Å². The molecule has 0 spiro atoms. The maximum Gasteiger partial charge on any atom is 0.408 e. The number of alkyl carbamates (subject to hydrolysis) is 1. The van der Waals surface area contributed by atoms with Crippen LogP contribution in [-0.2, 0) is 24.0 Å². The van der Waals surface area contributed by atoms with Crippen LogP contribution in [0.5, 0.6) is 0 Å². The first-order valence-electron chi connectivity index (χ1n) is 11.4. The first-order chi connectivity index (χ1) is 16.5. The molecule has 1 saturated heterocycles. The summed E-state index contributed by atoms with van der Waals surface area (Å²) < 4.78 is 5.56. The summed E-state index contributed by atoms with van der Waals surface area (Å²) in [6.45, 7) is 0.101. The molecule has 3 aliphatic rings. The van der Waals surface area contributed by atoms with Crippen molar-refractivity contribution in [2.24, 2.45) is 0 Å². The number of carbonyl (C=O) groups is 4. The lowest BCUT2D eigenvalue weighted by atomic mass is 9.98. The number of allylic oxidation sites excluding steroid dienone is 1. The third kappa shape index (κ3) is 4.07. The van der Waals surface area contributed by atoms with Crippen molar-refractivity contribution in [3.8, 4) is 11.1 Å². The molecule has 1 N–H and O–H groups in total. The van der Waals surface area contributed by atoms with Crippen LogP contribution in [0.3, 0.4) is 0 Å². The molecule has 0 bridgehead atoms. The number of nitrogens with zero attached hydrogens (tertiary/aromatic N) is 1. The molecule has 2 aromatic carbocycles. The van der Waals surface area contributed by atoms with E-state index in [0.29, 0.717) is 17.1 Å². The Morgan fingerprint density at radius 3 is 2.15 bits per heavy atom. The summed E-state index contributed by atoms with van der Waals surface area (Å²) in [6, 6.07) is 14.9. The van der Waals surface area contributed by atoms with Crippen molar-refractivity contribution in [1.29, 1.82) is 0 Å². The van der Waals surface area contributed by atoms with Crippen LogP contribution in [0.15, 0.2) is 60.2 Å². The van der Waals surface area contributed by atoms with Crippen molar-refractivity contribution in [3.63, 3.8) is 0 Å². The Balaban J connectivity index is 1.28. The van der Waals surface area contributed by atoms with Crippen LogP contribution < -0.4 is 5.32 Å². The van der Waals surface area contributed by atoms with Gasteiger partial charge in [-0.1, -0.05) is 54.6 Å². The van der Waals surface area contributed by atoms with Crippen molar-refractivity contribution in [2.45, 2.75) is 44.1 Å². The van der Waals surface area contributed by atoms with Crippen LogP contribution in [0.4, 0.5) is 4.79 Å². The first kappa shape index (κ1) is 21.9. The van der Waals surface area contributed by atoms with E-state index in [1.54, 1.807) is 0 Å². The third-order valence-corrected chi connectivity index (χ3v) is 6.48. The molecule has 2 aromatic rings. The summed E-state index contributed by atoms with van der Waals surface area (Å²) in [4.78, 5) is 54.3. The molecular weight excluding hydrogens is 436 g/mol. The summed E-state index contributed by atoms with van der Waals surface area (Å²) in [5.41, 5.74) is 5.07. The van der Waals surface area contributed by atoms with Crippen LogP contribution in [0.25, 0.3) is 11.1 Å². The molecule has 0 unspecified atom stereocenters. The number of benzene rings is 2. The first-order valence-corrected chi connectivity index (χ1v) is 11.4. The fourth-order valence-corrected chi connectivity index (χ4v) is 4.82. The largest absolute Gasteiger partial charge is 0.449 e. The van der Waals surface area contributed by atoms with Gasteiger partial charge in [-0.05, 0) is 47.1 Å². The van der Waals surface area contributed by atoms with E-state index in [0.717, 1.165) is 35.1 Å². The molecule has 34 heavy (non-hydrogen) atoms. The lowest BCUT2D eigenvalue weighted by Gasteiger charge is -2.21. The summed E-state index contributed by atoms with van der Waals surface area (Å²) in [7, 11) is 0. The zero-order chi connectivity index (χ0) is 23.7. The third-order valence-electron chi connectivity index (χ3n) is 6.48. The molecule has 0 saturated carbocycles. The highest BCUT2D eigenvalue weighted by Gasteiger charge is 2.37. The second-order valence-electron chi connectivity index (χ2n) is 8.57. The fourth-order valence-electron chi connectivity index (χ4n) is 4.82. The van der Waals surface area contributed by atoms with Gasteiger partial charge in [-0.15, -0.1) is 5.06 Å². The van der Waals surface area contributed by atoms with E-state index < -0.39 is 29.9 Å². The number of hydrogen-bond donors (Lipinski definition) is 1. The number of fused-ring (bicyclic) bond motifs is 3. The second kappa shape index (κ2) is 9.13. The van der Waals surface area contributed by atoms with Gasteiger partial charge in [0.25, 0.3) is 11.8 Å². The number of hydrogen-bond acceptors (Lipinski definition) is 6. The highest BCUT2D eigenvalue weighted by molar-refractivity contribution is 6.02. The van der Waals surface area contributed by atoms with Crippen LogP contribution in [0, 0.1) is 0 Å². The lowest BCUT2D eigenvalue weighted by molar-refractivity contribution is -0.198. The Bertz CT molecular complexity index is 1140. The molecule has 0 aromatic heterocycles. The number of carbonyl (C=O) groups excluding carboxylic acids is 4. The van der Waals surface area contributed by atoms with E-state index in [9.17, 15) is 19.2 Å². The Morgan fingerprint density at radius 2 is 1.56 bits per heavy atom. The normalized spacial score (nSPS) is 17.8. The minimum Gasteiger partial charge on any atom is -0.449 e. The Hall–Kier alpha value is -3.94. The number of amides is 3. The molecule has 3 amide bonds. The molecule has 174 valence electrons. The minimum atomic E-state index is -1.13. The zero-order valence-corrected chi connectivity index (χ0v) is 18.5. The van der Waals surface area contributed by atoms with Crippen molar-refractivity contribution in [2.75, 3.05) is 6.61 Å². The Labute approximate surface area is 196 Å². The van der Waals surface area contributed by atoms with Gasteiger partial charge in [0, 0.05) is 18.8 Å². The van der Waals surface area contributed by atoms with E-state index >= 15 is 0 Å². The second-order valence-corrected chi connectivity index (χ2v) is 8.57. The number of rotatable bonds is 6. The van der Waals surface area contributed by atoms with Gasteiger partial charge in [0.05, 0.1) is 0 Å². The maximum absolute atomic E-state index is 12.8. The number of hydroxylamine groups is 2. The average Bonchev–Trinajstić information content (AvgIpc) is 3.56. The van der Waals surface area contributed by atoms with Crippen molar-refractivity contribution in [3.05, 3.63) is 71.3 Å². The summed E-state index contributed by atoms with van der Waals surface area (Å²) in [5.74, 6) is -2.14. The van der Waals surface area contributed by atoms with Gasteiger partial charge in [0.2, 0.25) is 0 Å². The summed E-state index contributed by atoms with van der Waals surface area (Å²) in [6.07, 6.45) is 3.31. The fraction of sp³-hybridized carbons (Fsp3) is 0.308. The number of nitrogens with one attached hydrogen (secondary N) is 1. The molecule has 1 aliphatic heterocycles. The van der Waals surface area contributed by atoms with Crippen LogP contribution in [0.1, 0.15) is 49.1 Å². The molecule has 1 fully saturated rings. The molecule has 8 heteroatoms. The minimum absolute atomic E-state index is 0.000711. The Morgan fingerprint density at radius 1 is 0.941 bits per heavy atom. The molecule has 2 aliphatic carbocycles. The molecule has 1 atom stereocenters. The van der Waals surface area contributed by atoms with Gasteiger partial charge in [-0.3, -0.25) is 9.59 Å². The predicted octanol–water partition coefficient (Wildman–Crippen LogP) is 3.61. The van der Waals surface area contributed by atoms with Crippen LogP contribution in [0.2, 0.25) is 0 Å². The van der Waals surface area contributed by atoms with Crippen LogP contribution in [-0.4, -0.2) is 41.6 Å². The SMILES string of the molecule is O=C(N[C@H](C(=O)ON1C(=O)CCC1=O)C1=CCCC1)OCC1c2ccccc2-c2ccccc21. The molecule has 8 nitrogen and oxygen atoms in total. The highest BCUT2D eigenvalue weighted by Crippen LogP contribution is 2.44. The maximum atomic E-state index is 12.8. The number of ether oxygens (including phenoxy) is 1. The standard InChI is InChI=1S/C26H24N2O6/c29-22-13-14-23(30)28(22)34-25(31)24(16-7-1-2-8-16)27-26(32)33-15-21-19-11-5-3-9-17(19)18-10-4-6-12-20(18)21/h3-7,9-12,21,24H,1-2,8,13-15H2,(H,27,32)/t24-/m0/s1. The van der Waals surface area contributed by atoms with Crippen molar-refractivity contribution in [1.82, 2.24) is 10.4 Å². The number of imide groups is 1. The van der Waals surface area contributed by atoms with Crippen molar-refractivity contribution < 1.29 is 28.8 Å². The van der Waals surface area contributed by atoms with Gasteiger partial charge in [0.15, 0.2) is 6.04 Å².